The van der Waals surface area contributed by atoms with Gasteiger partial charge in [0.25, 0.3) is 0 Å². The lowest BCUT2D eigenvalue weighted by atomic mass is 10.1. The second-order valence-corrected chi connectivity index (χ2v) is 5.28. The Labute approximate surface area is 125 Å². The average Bonchev–Trinajstić information content (AvgIpc) is 3.34. The number of hydrogen-bond donors (Lipinski definition) is 1. The molecule has 0 aliphatic carbocycles. The fourth-order valence-electron chi connectivity index (χ4n) is 2.50. The van der Waals surface area contributed by atoms with Crippen molar-refractivity contribution >= 4 is 0 Å². The third kappa shape index (κ3) is 3.30. The van der Waals surface area contributed by atoms with Gasteiger partial charge in [-0.05, 0) is 30.5 Å². The fraction of sp³-hybridized carbons (Fsp3) is 0.278. The first-order valence-electron chi connectivity index (χ1n) is 7.17. The van der Waals surface area contributed by atoms with Crippen molar-refractivity contribution in [2.45, 2.75) is 25.1 Å². The van der Waals surface area contributed by atoms with Gasteiger partial charge in [0.2, 0.25) is 0 Å². The summed E-state index contributed by atoms with van der Waals surface area (Å²) in [5.74, 6) is 5.83. The van der Waals surface area contributed by atoms with Gasteiger partial charge in [-0.15, -0.1) is 0 Å². The highest BCUT2D eigenvalue weighted by Gasteiger charge is 2.42. The fourth-order valence-corrected chi connectivity index (χ4v) is 2.50. The third-order valence-corrected chi connectivity index (χ3v) is 3.85. The van der Waals surface area contributed by atoms with Crippen LogP contribution in [-0.4, -0.2) is 33.7 Å². The van der Waals surface area contributed by atoms with E-state index in [0.29, 0.717) is 11.7 Å². The van der Waals surface area contributed by atoms with Crippen LogP contribution in [0.1, 0.15) is 24.2 Å². The molecule has 3 rings (SSSR count). The van der Waals surface area contributed by atoms with Gasteiger partial charge in [0.1, 0.15) is 11.8 Å². The van der Waals surface area contributed by atoms with Crippen LogP contribution >= 0.6 is 0 Å². The molecule has 2 heterocycles. The highest BCUT2D eigenvalue weighted by molar-refractivity contribution is 5.30. The van der Waals surface area contributed by atoms with Gasteiger partial charge >= 0.3 is 0 Å². The summed E-state index contributed by atoms with van der Waals surface area (Å²) in [4.78, 5) is 6.39. The van der Waals surface area contributed by atoms with E-state index in [1.54, 1.807) is 6.20 Å². The standard InChI is InChI=1S/C18H18N2O/c1-14(15-7-3-2-4-8-15)20-13-17(20)18(21)11-10-16-9-5-6-12-19-16/h2-9,12,14,17-18,21H,13H2,1H3/t14-,17+,18-,20?/m1/s1. The monoisotopic (exact) mass is 278 g/mol. The minimum atomic E-state index is -0.627. The Morgan fingerprint density at radius 3 is 2.67 bits per heavy atom. The summed E-state index contributed by atoms with van der Waals surface area (Å²) in [5.41, 5.74) is 1.96. The summed E-state index contributed by atoms with van der Waals surface area (Å²) < 4.78 is 0. The molecule has 1 N–H and O–H groups in total. The third-order valence-electron chi connectivity index (χ3n) is 3.85. The van der Waals surface area contributed by atoms with Crippen molar-refractivity contribution in [3.63, 3.8) is 0 Å². The Balaban J connectivity index is 1.62. The molecule has 1 aromatic heterocycles. The smallest absolute Gasteiger partial charge is 0.131 e. The van der Waals surface area contributed by atoms with E-state index < -0.39 is 6.10 Å². The predicted molar refractivity (Wildman–Crippen MR) is 82.5 cm³/mol. The molecule has 3 heteroatoms. The van der Waals surface area contributed by atoms with Crippen molar-refractivity contribution in [2.24, 2.45) is 0 Å². The molecule has 1 fully saturated rings. The van der Waals surface area contributed by atoms with Crippen LogP contribution in [0.4, 0.5) is 0 Å². The molecule has 1 aliphatic rings. The first kappa shape index (κ1) is 13.8. The van der Waals surface area contributed by atoms with E-state index in [9.17, 15) is 5.11 Å². The van der Waals surface area contributed by atoms with Gasteiger partial charge in [-0.1, -0.05) is 42.3 Å². The van der Waals surface area contributed by atoms with E-state index in [-0.39, 0.29) is 6.04 Å². The molecule has 1 unspecified atom stereocenters. The van der Waals surface area contributed by atoms with Crippen LogP contribution in [0.3, 0.4) is 0 Å². The number of aliphatic hydroxyl groups excluding tert-OH is 1. The zero-order valence-electron chi connectivity index (χ0n) is 12.0. The average molecular weight is 278 g/mol. The van der Waals surface area contributed by atoms with Crippen LogP contribution in [-0.2, 0) is 0 Å². The summed E-state index contributed by atoms with van der Waals surface area (Å²) in [5, 5.41) is 10.2. The van der Waals surface area contributed by atoms with E-state index >= 15 is 0 Å². The molecule has 3 nitrogen and oxygen atoms in total. The van der Waals surface area contributed by atoms with E-state index in [1.165, 1.54) is 5.56 Å². The Hall–Kier alpha value is -2.15. The molecular weight excluding hydrogens is 260 g/mol. The van der Waals surface area contributed by atoms with Gasteiger partial charge < -0.3 is 5.11 Å². The van der Waals surface area contributed by atoms with Crippen molar-refractivity contribution < 1.29 is 5.11 Å². The maximum absolute atomic E-state index is 10.2. The van der Waals surface area contributed by atoms with Crippen molar-refractivity contribution in [1.82, 2.24) is 9.88 Å². The quantitative estimate of drug-likeness (QED) is 0.691. The molecule has 4 atom stereocenters. The number of hydrogen-bond acceptors (Lipinski definition) is 3. The van der Waals surface area contributed by atoms with Crippen LogP contribution in [0.25, 0.3) is 0 Å². The molecule has 1 aromatic carbocycles. The first-order valence-corrected chi connectivity index (χ1v) is 7.17. The summed E-state index contributed by atoms with van der Waals surface area (Å²) in [6, 6.07) is 16.4. The zero-order chi connectivity index (χ0) is 14.7. The van der Waals surface area contributed by atoms with Crippen LogP contribution in [0.2, 0.25) is 0 Å². The molecule has 0 radical (unpaired) electrons. The molecule has 2 aromatic rings. The van der Waals surface area contributed by atoms with Gasteiger partial charge in [-0.25, -0.2) is 4.98 Å². The van der Waals surface area contributed by atoms with Crippen LogP contribution < -0.4 is 0 Å². The number of rotatable bonds is 3. The predicted octanol–water partition coefficient (Wildman–Crippen LogP) is 2.24. The minimum Gasteiger partial charge on any atom is -0.379 e. The lowest BCUT2D eigenvalue weighted by Gasteiger charge is -2.15. The van der Waals surface area contributed by atoms with Gasteiger partial charge in [0.05, 0.1) is 6.04 Å². The van der Waals surface area contributed by atoms with Gasteiger partial charge in [0.15, 0.2) is 0 Å². The maximum atomic E-state index is 10.2. The highest BCUT2D eigenvalue weighted by Crippen LogP contribution is 2.33. The van der Waals surface area contributed by atoms with Gasteiger partial charge in [-0.2, -0.15) is 0 Å². The molecule has 1 aliphatic heterocycles. The van der Waals surface area contributed by atoms with E-state index in [1.807, 2.05) is 36.4 Å². The second kappa shape index (κ2) is 6.09. The molecule has 1 saturated heterocycles. The van der Waals surface area contributed by atoms with E-state index in [2.05, 4.69) is 40.8 Å². The van der Waals surface area contributed by atoms with Crippen molar-refractivity contribution in [3.8, 4) is 11.8 Å². The molecule has 0 bridgehead atoms. The SMILES string of the molecule is C[C@H](c1ccccc1)N1C[C@H]1[C@H](O)C#Cc1ccccn1. The lowest BCUT2D eigenvalue weighted by molar-refractivity contribution is 0.201. The zero-order valence-corrected chi connectivity index (χ0v) is 12.0. The number of aliphatic hydroxyl groups is 1. The summed E-state index contributed by atoms with van der Waals surface area (Å²) in [7, 11) is 0. The Morgan fingerprint density at radius 1 is 1.19 bits per heavy atom. The molecule has 0 saturated carbocycles. The minimum absolute atomic E-state index is 0.122. The van der Waals surface area contributed by atoms with Crippen molar-refractivity contribution in [1.29, 1.82) is 0 Å². The van der Waals surface area contributed by atoms with Crippen molar-refractivity contribution in [3.05, 3.63) is 66.0 Å². The Kier molecular flexibility index (Phi) is 4.01. The normalized spacial score (nSPS) is 22.8. The lowest BCUT2D eigenvalue weighted by Crippen LogP contribution is -2.19. The topological polar surface area (TPSA) is 36.1 Å². The van der Waals surface area contributed by atoms with E-state index in [4.69, 9.17) is 0 Å². The number of benzene rings is 1. The largest absolute Gasteiger partial charge is 0.379 e. The summed E-state index contributed by atoms with van der Waals surface area (Å²) in [6.45, 7) is 3.04. The Bertz CT molecular complexity index is 645. The van der Waals surface area contributed by atoms with Crippen LogP contribution in [0, 0.1) is 11.8 Å². The number of aromatic nitrogens is 1. The molecule has 21 heavy (non-hydrogen) atoms. The summed E-state index contributed by atoms with van der Waals surface area (Å²) in [6.07, 6.45) is 1.08. The molecular formula is C18H18N2O. The number of nitrogens with zero attached hydrogens (tertiary/aromatic N) is 2. The first-order chi connectivity index (χ1) is 10.3. The van der Waals surface area contributed by atoms with Gasteiger partial charge in [0, 0.05) is 18.8 Å². The Morgan fingerprint density at radius 2 is 1.95 bits per heavy atom. The van der Waals surface area contributed by atoms with Crippen LogP contribution in [0.15, 0.2) is 54.7 Å². The highest BCUT2D eigenvalue weighted by atomic mass is 16.3. The molecule has 106 valence electrons. The van der Waals surface area contributed by atoms with E-state index in [0.717, 1.165) is 6.54 Å². The second-order valence-electron chi connectivity index (χ2n) is 5.28. The number of pyridine rings is 1. The maximum Gasteiger partial charge on any atom is 0.131 e. The van der Waals surface area contributed by atoms with Crippen molar-refractivity contribution in [2.75, 3.05) is 6.54 Å². The molecule has 0 amide bonds. The van der Waals surface area contributed by atoms with Crippen LogP contribution in [0.5, 0.6) is 0 Å². The van der Waals surface area contributed by atoms with Gasteiger partial charge in [-0.3, -0.25) is 4.90 Å². The molecule has 0 spiro atoms. The summed E-state index contributed by atoms with van der Waals surface area (Å²) >= 11 is 0.